The van der Waals surface area contributed by atoms with Crippen molar-refractivity contribution in [3.63, 3.8) is 0 Å². The first-order chi connectivity index (χ1) is 12.3. The molecule has 1 aliphatic rings. The van der Waals surface area contributed by atoms with E-state index in [1.165, 1.54) is 18.3 Å². The van der Waals surface area contributed by atoms with E-state index in [0.717, 1.165) is 12.1 Å². The van der Waals surface area contributed by atoms with Crippen molar-refractivity contribution >= 4 is 17.5 Å². The Kier molecular flexibility index (Phi) is 5.36. The molecule has 4 nitrogen and oxygen atoms in total. The number of hydrogen-bond acceptors (Lipinski definition) is 3. The predicted molar refractivity (Wildman–Crippen MR) is 90.0 cm³/mol. The number of halogens is 4. The molecule has 0 spiro atoms. The maximum Gasteiger partial charge on any atom is 0.416 e. The Morgan fingerprint density at radius 3 is 2.88 bits per heavy atom. The summed E-state index contributed by atoms with van der Waals surface area (Å²) in [6.45, 7) is 0.863. The molecule has 1 aliphatic heterocycles. The van der Waals surface area contributed by atoms with E-state index in [9.17, 15) is 18.0 Å². The zero-order chi connectivity index (χ0) is 18.7. The topological polar surface area (TPSA) is 42.4 Å². The summed E-state index contributed by atoms with van der Waals surface area (Å²) in [5.74, 6) is 0.273. The van der Waals surface area contributed by atoms with E-state index >= 15 is 0 Å². The van der Waals surface area contributed by atoms with Crippen LogP contribution in [0.15, 0.2) is 42.7 Å². The number of ether oxygens (including phenoxy) is 1. The van der Waals surface area contributed by atoms with Crippen molar-refractivity contribution in [2.24, 2.45) is 0 Å². The normalized spacial score (nSPS) is 17.4. The highest BCUT2D eigenvalue weighted by atomic mass is 35.5. The number of likely N-dealkylation sites (tertiary alicyclic amines) is 1. The zero-order valence-electron chi connectivity index (χ0n) is 13.7. The van der Waals surface area contributed by atoms with Gasteiger partial charge >= 0.3 is 6.18 Å². The first-order valence-corrected chi connectivity index (χ1v) is 8.41. The molecule has 3 rings (SSSR count). The minimum absolute atomic E-state index is 0.0767. The molecule has 0 saturated carbocycles. The minimum atomic E-state index is -4.42. The van der Waals surface area contributed by atoms with Gasteiger partial charge in [0.25, 0.3) is 0 Å². The van der Waals surface area contributed by atoms with Crippen LogP contribution in [0.25, 0.3) is 0 Å². The average Bonchev–Trinajstić information content (AvgIpc) is 3.05. The van der Waals surface area contributed by atoms with Gasteiger partial charge in [-0.05, 0) is 11.6 Å². The summed E-state index contributed by atoms with van der Waals surface area (Å²) in [5, 5.41) is 0.390. The van der Waals surface area contributed by atoms with Crippen LogP contribution in [0.5, 0.6) is 5.75 Å². The first-order valence-electron chi connectivity index (χ1n) is 8.03. The third kappa shape index (κ3) is 4.46. The molecule has 0 N–H and O–H groups in total. The van der Waals surface area contributed by atoms with Gasteiger partial charge in [0.2, 0.25) is 5.91 Å². The van der Waals surface area contributed by atoms with Crippen molar-refractivity contribution in [1.29, 1.82) is 0 Å². The summed E-state index contributed by atoms with van der Waals surface area (Å²) >= 11 is 6.00. The second-order valence-electron chi connectivity index (χ2n) is 6.05. The summed E-state index contributed by atoms with van der Waals surface area (Å²) in [4.78, 5) is 17.9. The molecule has 8 heteroatoms. The Bertz CT molecular complexity index is 798. The maximum absolute atomic E-state index is 12.8. The van der Waals surface area contributed by atoms with Gasteiger partial charge in [-0.1, -0.05) is 29.8 Å². The van der Waals surface area contributed by atoms with Crippen LogP contribution in [0.1, 0.15) is 17.5 Å². The highest BCUT2D eigenvalue weighted by Gasteiger charge is 2.31. The van der Waals surface area contributed by atoms with Crippen molar-refractivity contribution in [1.82, 2.24) is 9.88 Å². The minimum Gasteiger partial charge on any atom is -0.487 e. The van der Waals surface area contributed by atoms with E-state index < -0.39 is 11.7 Å². The molecule has 1 atom stereocenters. The summed E-state index contributed by atoms with van der Waals surface area (Å²) in [6, 6.07) is 6.49. The molecule has 138 valence electrons. The number of pyridine rings is 1. The summed E-state index contributed by atoms with van der Waals surface area (Å²) in [6.07, 6.45) is -1.04. The zero-order valence-corrected chi connectivity index (χ0v) is 14.4. The van der Waals surface area contributed by atoms with Crippen LogP contribution in [-0.4, -0.2) is 35.0 Å². The molecule has 2 heterocycles. The van der Waals surface area contributed by atoms with Gasteiger partial charge in [-0.15, -0.1) is 0 Å². The second-order valence-corrected chi connectivity index (χ2v) is 6.46. The number of carbonyl (C=O) groups excluding carboxylic acids is 1. The van der Waals surface area contributed by atoms with Crippen molar-refractivity contribution in [3.8, 4) is 5.75 Å². The van der Waals surface area contributed by atoms with E-state index in [-0.39, 0.29) is 18.4 Å². The molecule has 26 heavy (non-hydrogen) atoms. The van der Waals surface area contributed by atoms with Crippen LogP contribution in [0, 0.1) is 0 Å². The maximum atomic E-state index is 12.8. The van der Waals surface area contributed by atoms with Gasteiger partial charge < -0.3 is 9.64 Å². The number of alkyl halides is 3. The van der Waals surface area contributed by atoms with Crippen LogP contribution in [0.3, 0.4) is 0 Å². The van der Waals surface area contributed by atoms with Crippen LogP contribution in [0.4, 0.5) is 13.2 Å². The average molecular weight is 385 g/mol. The molecule has 1 fully saturated rings. The lowest BCUT2D eigenvalue weighted by Gasteiger charge is -2.18. The largest absolute Gasteiger partial charge is 0.487 e. The van der Waals surface area contributed by atoms with E-state index in [0.29, 0.717) is 35.8 Å². The number of rotatable bonds is 4. The SMILES string of the molecule is O=C(Cc1cccc(C(F)(F)F)c1)N1CCC(Oc2ccncc2Cl)C1. The van der Waals surface area contributed by atoms with Gasteiger partial charge in [0, 0.05) is 31.4 Å². The molecule has 0 radical (unpaired) electrons. The van der Waals surface area contributed by atoms with Crippen molar-refractivity contribution in [2.75, 3.05) is 13.1 Å². The third-order valence-electron chi connectivity index (χ3n) is 4.14. The molecule has 1 amide bonds. The molecular weight excluding hydrogens is 369 g/mol. The number of carbonyl (C=O) groups is 1. The van der Waals surface area contributed by atoms with Crippen molar-refractivity contribution in [2.45, 2.75) is 25.1 Å². The van der Waals surface area contributed by atoms with Gasteiger partial charge in [0.05, 0.1) is 18.5 Å². The van der Waals surface area contributed by atoms with Crippen LogP contribution >= 0.6 is 11.6 Å². The lowest BCUT2D eigenvalue weighted by atomic mass is 10.1. The van der Waals surface area contributed by atoms with Crippen LogP contribution < -0.4 is 4.74 Å². The Labute approximate surface area is 153 Å². The standard InChI is InChI=1S/C18H16ClF3N2O2/c19-15-10-23-6-4-16(15)26-14-5-7-24(11-14)17(25)9-12-2-1-3-13(8-12)18(20,21)22/h1-4,6,8,10,14H,5,7,9,11H2. The Hall–Kier alpha value is -2.28. The summed E-state index contributed by atoms with van der Waals surface area (Å²) in [7, 11) is 0. The van der Waals surface area contributed by atoms with Crippen molar-refractivity contribution in [3.05, 3.63) is 58.9 Å². The first kappa shape index (κ1) is 18.5. The predicted octanol–water partition coefficient (Wildman–Crippen LogP) is 3.98. The fourth-order valence-corrected chi connectivity index (χ4v) is 3.00. The Morgan fingerprint density at radius 1 is 1.35 bits per heavy atom. The Balaban J connectivity index is 1.59. The smallest absolute Gasteiger partial charge is 0.416 e. The second kappa shape index (κ2) is 7.53. The van der Waals surface area contributed by atoms with E-state index in [4.69, 9.17) is 16.3 Å². The van der Waals surface area contributed by atoms with Gasteiger partial charge in [0.15, 0.2) is 0 Å². The fourth-order valence-electron chi connectivity index (χ4n) is 2.83. The van der Waals surface area contributed by atoms with E-state index in [1.807, 2.05) is 0 Å². The van der Waals surface area contributed by atoms with Gasteiger partial charge in [0.1, 0.15) is 16.9 Å². The lowest BCUT2D eigenvalue weighted by Crippen LogP contribution is -2.32. The number of hydrogen-bond donors (Lipinski definition) is 0. The third-order valence-corrected chi connectivity index (χ3v) is 4.42. The molecule has 1 aromatic carbocycles. The number of aromatic nitrogens is 1. The molecule has 1 unspecified atom stereocenters. The van der Waals surface area contributed by atoms with Gasteiger partial charge in [-0.25, -0.2) is 0 Å². The lowest BCUT2D eigenvalue weighted by molar-refractivity contribution is -0.138. The van der Waals surface area contributed by atoms with Crippen LogP contribution in [-0.2, 0) is 17.4 Å². The molecule has 2 aromatic rings. The fraction of sp³-hybridized carbons (Fsp3) is 0.333. The van der Waals surface area contributed by atoms with Gasteiger partial charge in [-0.3, -0.25) is 9.78 Å². The Morgan fingerprint density at radius 2 is 2.15 bits per heavy atom. The number of amides is 1. The van der Waals surface area contributed by atoms with Gasteiger partial charge in [-0.2, -0.15) is 13.2 Å². The summed E-state index contributed by atoms with van der Waals surface area (Å²) < 4.78 is 44.1. The van der Waals surface area contributed by atoms with E-state index in [2.05, 4.69) is 4.98 Å². The van der Waals surface area contributed by atoms with Crippen molar-refractivity contribution < 1.29 is 22.7 Å². The quantitative estimate of drug-likeness (QED) is 0.801. The number of nitrogens with zero attached hydrogens (tertiary/aromatic N) is 2. The van der Waals surface area contributed by atoms with Crippen LogP contribution in [0.2, 0.25) is 5.02 Å². The summed E-state index contributed by atoms with van der Waals surface area (Å²) in [5.41, 5.74) is -0.413. The molecule has 0 bridgehead atoms. The molecule has 0 aliphatic carbocycles. The molecular formula is C18H16ClF3N2O2. The number of benzene rings is 1. The monoisotopic (exact) mass is 384 g/mol. The highest BCUT2D eigenvalue weighted by Crippen LogP contribution is 2.30. The molecule has 1 saturated heterocycles. The van der Waals surface area contributed by atoms with E-state index in [1.54, 1.807) is 17.2 Å². The highest BCUT2D eigenvalue weighted by molar-refractivity contribution is 6.31. The molecule has 1 aromatic heterocycles.